The molecule has 1 unspecified atom stereocenters. The smallest absolute Gasteiger partial charge is 0.290 e. The first-order chi connectivity index (χ1) is 17.1. The minimum atomic E-state index is -0.690. The number of rotatable bonds is 5. The van der Waals surface area contributed by atoms with Gasteiger partial charge in [0, 0.05) is 31.6 Å². The second-order valence-corrected chi connectivity index (χ2v) is 9.10. The zero-order chi connectivity index (χ0) is 23.9. The van der Waals surface area contributed by atoms with Gasteiger partial charge in [-0.15, -0.1) is 0 Å². The standard InChI is InChI=1S/C28H25FN2O4/c29-20-7-3-6-19(17-20)24-23-25(32)22-10-9-18-5-1-2-8-21(18)26(22)35-27(23)28(33)31(24)12-4-11-30-13-15-34-16-14-30/h1-3,5-10,17,24H,4,11-16H2. The van der Waals surface area contributed by atoms with Crippen molar-refractivity contribution in [1.29, 1.82) is 0 Å². The van der Waals surface area contributed by atoms with Crippen molar-refractivity contribution < 1.29 is 18.3 Å². The minimum Gasteiger partial charge on any atom is -0.450 e. The number of hydrogen-bond donors (Lipinski definition) is 0. The Balaban J connectivity index is 1.45. The van der Waals surface area contributed by atoms with Crippen LogP contribution in [0.5, 0.6) is 0 Å². The van der Waals surface area contributed by atoms with Crippen LogP contribution < -0.4 is 5.43 Å². The van der Waals surface area contributed by atoms with E-state index < -0.39 is 11.9 Å². The second-order valence-electron chi connectivity index (χ2n) is 9.10. The average molecular weight is 473 g/mol. The molecule has 3 aromatic carbocycles. The summed E-state index contributed by atoms with van der Waals surface area (Å²) < 4.78 is 25.8. The summed E-state index contributed by atoms with van der Waals surface area (Å²) in [6, 6.07) is 16.7. The summed E-state index contributed by atoms with van der Waals surface area (Å²) in [4.78, 5) is 31.4. The molecule has 0 spiro atoms. The van der Waals surface area contributed by atoms with Crippen LogP contribution in [0, 0.1) is 5.82 Å². The summed E-state index contributed by atoms with van der Waals surface area (Å²) in [5, 5.41) is 2.13. The number of carbonyl (C=O) groups excluding carboxylic acids is 1. The first-order valence-electron chi connectivity index (χ1n) is 12.0. The van der Waals surface area contributed by atoms with Gasteiger partial charge in [0.15, 0.2) is 5.43 Å². The molecule has 1 saturated heterocycles. The SMILES string of the molecule is O=C1c2oc3c(ccc4ccccc43)c(=O)c2C(c2cccc(F)c2)N1CCCN1CCOCC1. The third-order valence-electron chi connectivity index (χ3n) is 7.00. The molecule has 1 fully saturated rings. The molecule has 2 aliphatic heterocycles. The monoisotopic (exact) mass is 472 g/mol. The number of benzene rings is 3. The van der Waals surface area contributed by atoms with Crippen molar-refractivity contribution in [2.45, 2.75) is 12.5 Å². The predicted molar refractivity (Wildman–Crippen MR) is 131 cm³/mol. The largest absolute Gasteiger partial charge is 0.450 e. The third-order valence-corrected chi connectivity index (χ3v) is 7.00. The van der Waals surface area contributed by atoms with Gasteiger partial charge in [-0.25, -0.2) is 4.39 Å². The number of ether oxygens (including phenoxy) is 1. The van der Waals surface area contributed by atoms with E-state index in [9.17, 15) is 14.0 Å². The van der Waals surface area contributed by atoms with E-state index in [4.69, 9.17) is 9.15 Å². The fourth-order valence-electron chi connectivity index (χ4n) is 5.29. The van der Waals surface area contributed by atoms with E-state index in [0.717, 1.165) is 36.8 Å². The lowest BCUT2D eigenvalue weighted by atomic mass is 9.97. The first kappa shape index (κ1) is 21.9. The molecule has 6 nitrogen and oxygen atoms in total. The van der Waals surface area contributed by atoms with Crippen LogP contribution in [0.25, 0.3) is 21.7 Å². The number of amides is 1. The van der Waals surface area contributed by atoms with Gasteiger partial charge in [-0.2, -0.15) is 0 Å². The van der Waals surface area contributed by atoms with Crippen LogP contribution >= 0.6 is 0 Å². The van der Waals surface area contributed by atoms with E-state index in [1.54, 1.807) is 23.1 Å². The Morgan fingerprint density at radius 3 is 2.57 bits per heavy atom. The van der Waals surface area contributed by atoms with Gasteiger partial charge in [0.2, 0.25) is 5.76 Å². The highest BCUT2D eigenvalue weighted by Crippen LogP contribution is 2.39. The average Bonchev–Trinajstić information content (AvgIpc) is 3.16. The van der Waals surface area contributed by atoms with E-state index in [-0.39, 0.29) is 22.7 Å². The van der Waals surface area contributed by atoms with Crippen LogP contribution in [0.15, 0.2) is 69.9 Å². The van der Waals surface area contributed by atoms with Gasteiger partial charge in [-0.1, -0.05) is 42.5 Å². The number of carbonyl (C=O) groups is 1. The molecule has 0 radical (unpaired) electrons. The van der Waals surface area contributed by atoms with Crippen molar-refractivity contribution in [1.82, 2.24) is 9.80 Å². The summed E-state index contributed by atoms with van der Waals surface area (Å²) in [5.41, 5.74) is 1.02. The normalized spacial score (nSPS) is 18.5. The molecule has 2 aliphatic rings. The lowest BCUT2D eigenvalue weighted by molar-refractivity contribution is 0.0353. The zero-order valence-corrected chi connectivity index (χ0v) is 19.2. The summed E-state index contributed by atoms with van der Waals surface area (Å²) in [6.45, 7) is 4.38. The van der Waals surface area contributed by atoms with Crippen molar-refractivity contribution in [2.75, 3.05) is 39.4 Å². The summed E-state index contributed by atoms with van der Waals surface area (Å²) in [6.07, 6.45) is 0.724. The molecule has 0 bridgehead atoms. The number of morpholine rings is 1. The maximum atomic E-state index is 14.2. The molecule has 0 aliphatic carbocycles. The Morgan fingerprint density at radius 1 is 0.914 bits per heavy atom. The summed E-state index contributed by atoms with van der Waals surface area (Å²) in [7, 11) is 0. The van der Waals surface area contributed by atoms with Crippen LogP contribution in [-0.4, -0.2) is 55.1 Å². The van der Waals surface area contributed by atoms with Crippen molar-refractivity contribution in [2.24, 2.45) is 0 Å². The van der Waals surface area contributed by atoms with E-state index in [2.05, 4.69) is 4.90 Å². The van der Waals surface area contributed by atoms with E-state index >= 15 is 0 Å². The Bertz CT molecular complexity index is 1490. The second kappa shape index (κ2) is 8.91. The fourth-order valence-corrected chi connectivity index (χ4v) is 5.29. The lowest BCUT2D eigenvalue weighted by Crippen LogP contribution is -2.38. The third kappa shape index (κ3) is 3.81. The molecule has 3 heterocycles. The van der Waals surface area contributed by atoms with Crippen LogP contribution in [0.1, 0.15) is 34.1 Å². The summed E-state index contributed by atoms with van der Waals surface area (Å²) in [5.74, 6) is -0.685. The highest BCUT2D eigenvalue weighted by Gasteiger charge is 2.42. The van der Waals surface area contributed by atoms with Crippen LogP contribution in [-0.2, 0) is 4.74 Å². The maximum absolute atomic E-state index is 14.2. The predicted octanol–water partition coefficient (Wildman–Crippen LogP) is 4.35. The highest BCUT2D eigenvalue weighted by molar-refractivity contribution is 6.06. The van der Waals surface area contributed by atoms with Gasteiger partial charge < -0.3 is 14.1 Å². The van der Waals surface area contributed by atoms with Gasteiger partial charge in [0.05, 0.1) is 30.2 Å². The Morgan fingerprint density at radius 2 is 1.74 bits per heavy atom. The van der Waals surface area contributed by atoms with Crippen LogP contribution in [0.4, 0.5) is 4.39 Å². The van der Waals surface area contributed by atoms with Crippen molar-refractivity contribution >= 4 is 27.6 Å². The first-order valence-corrected chi connectivity index (χ1v) is 12.0. The summed E-state index contributed by atoms with van der Waals surface area (Å²) >= 11 is 0. The van der Waals surface area contributed by atoms with E-state index in [1.807, 2.05) is 30.3 Å². The minimum absolute atomic E-state index is 0.0551. The topological polar surface area (TPSA) is 63.0 Å². The van der Waals surface area contributed by atoms with Gasteiger partial charge >= 0.3 is 0 Å². The molecule has 6 rings (SSSR count). The molecule has 0 N–H and O–H groups in total. The van der Waals surface area contributed by atoms with Gasteiger partial charge in [0.25, 0.3) is 5.91 Å². The number of halogens is 1. The zero-order valence-electron chi connectivity index (χ0n) is 19.2. The molecule has 7 heteroatoms. The number of nitrogens with zero attached hydrogens (tertiary/aromatic N) is 2. The molecule has 1 atom stereocenters. The molecule has 0 saturated carbocycles. The van der Waals surface area contributed by atoms with Gasteiger partial charge in [-0.3, -0.25) is 14.5 Å². The molecule has 4 aromatic rings. The molecule has 1 amide bonds. The fraction of sp³-hybridized carbons (Fsp3) is 0.286. The van der Waals surface area contributed by atoms with Gasteiger partial charge in [0.1, 0.15) is 11.4 Å². The molecule has 178 valence electrons. The van der Waals surface area contributed by atoms with Crippen molar-refractivity contribution in [3.63, 3.8) is 0 Å². The van der Waals surface area contributed by atoms with Crippen LogP contribution in [0.2, 0.25) is 0 Å². The quantitative estimate of drug-likeness (QED) is 0.404. The molecular weight excluding hydrogens is 447 g/mol. The van der Waals surface area contributed by atoms with E-state index in [0.29, 0.717) is 36.3 Å². The van der Waals surface area contributed by atoms with E-state index in [1.165, 1.54) is 12.1 Å². The van der Waals surface area contributed by atoms with Crippen LogP contribution in [0.3, 0.4) is 0 Å². The Hall–Kier alpha value is -3.55. The maximum Gasteiger partial charge on any atom is 0.290 e. The highest BCUT2D eigenvalue weighted by atomic mass is 19.1. The molecule has 1 aromatic heterocycles. The number of hydrogen-bond acceptors (Lipinski definition) is 5. The van der Waals surface area contributed by atoms with Crippen molar-refractivity contribution in [3.8, 4) is 0 Å². The number of fused-ring (bicyclic) bond motifs is 4. The van der Waals surface area contributed by atoms with Gasteiger partial charge in [-0.05, 0) is 35.6 Å². The Kier molecular flexibility index (Phi) is 5.59. The molecular formula is C28H25FN2O4. The Labute approximate surface area is 201 Å². The lowest BCUT2D eigenvalue weighted by Gasteiger charge is -2.29. The molecule has 35 heavy (non-hydrogen) atoms. The van der Waals surface area contributed by atoms with Crippen molar-refractivity contribution in [3.05, 3.63) is 93.6 Å².